The van der Waals surface area contributed by atoms with E-state index in [1.165, 1.54) is 5.69 Å². The van der Waals surface area contributed by atoms with Crippen molar-refractivity contribution in [1.29, 1.82) is 0 Å². The summed E-state index contributed by atoms with van der Waals surface area (Å²) in [6, 6.07) is 4.00. The van der Waals surface area contributed by atoms with Crippen LogP contribution in [0.5, 0.6) is 0 Å². The molecule has 25 heavy (non-hydrogen) atoms. The molecule has 3 rings (SSSR count). The number of ether oxygens (including phenoxy) is 1. The molecule has 7 nitrogen and oxygen atoms in total. The molecule has 0 saturated carbocycles. The number of aryl methyl sites for hydroxylation is 2. The minimum Gasteiger partial charge on any atom is -0.465 e. The van der Waals surface area contributed by atoms with Crippen molar-refractivity contribution in [3.63, 3.8) is 0 Å². The van der Waals surface area contributed by atoms with Gasteiger partial charge in [-0.3, -0.25) is 9.69 Å². The number of fused-ring (bicyclic) bond motifs is 1. The fourth-order valence-corrected chi connectivity index (χ4v) is 3.27. The Balaban J connectivity index is 1.67. The van der Waals surface area contributed by atoms with Gasteiger partial charge in [-0.05, 0) is 19.1 Å². The molecule has 0 fully saturated rings. The van der Waals surface area contributed by atoms with Gasteiger partial charge in [0.1, 0.15) is 18.1 Å². The second-order valence-corrected chi connectivity index (χ2v) is 6.87. The Kier molecular flexibility index (Phi) is 5.24. The summed E-state index contributed by atoms with van der Waals surface area (Å²) in [5, 5.41) is 0. The minimum absolute atomic E-state index is 0.0241. The average molecular weight is 346 g/mol. The van der Waals surface area contributed by atoms with Crippen molar-refractivity contribution in [2.75, 3.05) is 33.9 Å². The number of nitrogens with zero attached hydrogens (tertiary/aromatic N) is 4. The topological polar surface area (TPSA) is 63.7 Å². The molecule has 2 aromatic rings. The number of carbonyl (C=O) groups is 1. The molecule has 3 heterocycles. The van der Waals surface area contributed by atoms with Crippen LogP contribution in [-0.2, 0) is 29.7 Å². The summed E-state index contributed by atoms with van der Waals surface area (Å²) in [6.07, 6.45) is 1.85. The summed E-state index contributed by atoms with van der Waals surface area (Å²) >= 11 is 0. The van der Waals surface area contributed by atoms with Gasteiger partial charge in [0.25, 0.3) is 0 Å². The van der Waals surface area contributed by atoms with Crippen LogP contribution in [0.4, 0.5) is 0 Å². The number of rotatable bonds is 6. The summed E-state index contributed by atoms with van der Waals surface area (Å²) in [6.45, 7) is 4.95. The van der Waals surface area contributed by atoms with Crippen LogP contribution in [0.2, 0.25) is 0 Å². The fourth-order valence-electron chi connectivity index (χ4n) is 3.27. The fraction of sp³-hybridized carbons (Fsp3) is 0.556. The Morgan fingerprint density at radius 2 is 2.24 bits per heavy atom. The van der Waals surface area contributed by atoms with Gasteiger partial charge in [-0.15, -0.1) is 0 Å². The zero-order valence-corrected chi connectivity index (χ0v) is 15.4. The molecule has 7 heteroatoms. The van der Waals surface area contributed by atoms with Crippen LogP contribution in [-0.4, -0.2) is 59.1 Å². The third kappa shape index (κ3) is 4.11. The van der Waals surface area contributed by atoms with Crippen LogP contribution in [0.15, 0.2) is 22.9 Å². The van der Waals surface area contributed by atoms with Gasteiger partial charge >= 0.3 is 0 Å². The predicted molar refractivity (Wildman–Crippen MR) is 93.0 cm³/mol. The predicted octanol–water partition coefficient (Wildman–Crippen LogP) is 1.53. The molecule has 1 aliphatic rings. The highest BCUT2D eigenvalue weighted by Crippen LogP contribution is 2.28. The van der Waals surface area contributed by atoms with E-state index in [9.17, 15) is 4.79 Å². The van der Waals surface area contributed by atoms with Crippen LogP contribution in [0.25, 0.3) is 0 Å². The maximum Gasteiger partial charge on any atom is 0.248 e. The van der Waals surface area contributed by atoms with E-state index in [2.05, 4.69) is 14.5 Å². The molecule has 0 radical (unpaired) electrons. The molecule has 0 aromatic carbocycles. The molecule has 0 aliphatic carbocycles. The summed E-state index contributed by atoms with van der Waals surface area (Å²) in [4.78, 5) is 20.1. The maximum atomic E-state index is 11.7. The van der Waals surface area contributed by atoms with Crippen LogP contribution in [0, 0.1) is 6.92 Å². The molecule has 1 atom stereocenters. The lowest BCUT2D eigenvalue weighted by atomic mass is 9.99. The van der Waals surface area contributed by atoms with Crippen molar-refractivity contribution >= 4 is 5.91 Å². The van der Waals surface area contributed by atoms with Gasteiger partial charge < -0.3 is 18.6 Å². The average Bonchev–Trinajstić information content (AvgIpc) is 3.13. The SMILES string of the molecule is Cc1ccc(CN2Cc3ncn(C)c3C(COCC(=O)N(C)C)C2)o1. The molecule has 1 amide bonds. The van der Waals surface area contributed by atoms with Crippen LogP contribution >= 0.6 is 0 Å². The summed E-state index contributed by atoms with van der Waals surface area (Å²) in [5.74, 6) is 2.04. The first kappa shape index (κ1) is 17.7. The lowest BCUT2D eigenvalue weighted by molar-refractivity contribution is -0.133. The van der Waals surface area contributed by atoms with Crippen molar-refractivity contribution in [2.24, 2.45) is 7.05 Å². The number of imidazole rings is 1. The van der Waals surface area contributed by atoms with E-state index in [0.29, 0.717) is 6.61 Å². The van der Waals surface area contributed by atoms with E-state index in [1.54, 1.807) is 19.0 Å². The van der Waals surface area contributed by atoms with Gasteiger partial charge in [0, 0.05) is 45.8 Å². The number of carbonyl (C=O) groups excluding carboxylic acids is 1. The summed E-state index contributed by atoms with van der Waals surface area (Å²) in [7, 11) is 5.48. The van der Waals surface area contributed by atoms with E-state index in [1.807, 2.05) is 32.4 Å². The molecule has 1 unspecified atom stereocenters. The zero-order chi connectivity index (χ0) is 18.0. The number of hydrogen-bond donors (Lipinski definition) is 0. The minimum atomic E-state index is -0.0241. The first-order valence-electron chi connectivity index (χ1n) is 8.49. The van der Waals surface area contributed by atoms with E-state index in [-0.39, 0.29) is 18.4 Å². The Labute approximate surface area is 148 Å². The van der Waals surface area contributed by atoms with E-state index < -0.39 is 0 Å². The monoisotopic (exact) mass is 346 g/mol. The third-order valence-electron chi connectivity index (χ3n) is 4.52. The zero-order valence-electron chi connectivity index (χ0n) is 15.4. The Morgan fingerprint density at radius 3 is 2.92 bits per heavy atom. The number of hydrogen-bond acceptors (Lipinski definition) is 5. The van der Waals surface area contributed by atoms with Crippen LogP contribution < -0.4 is 0 Å². The van der Waals surface area contributed by atoms with Crippen molar-refractivity contribution in [1.82, 2.24) is 19.4 Å². The highest BCUT2D eigenvalue weighted by molar-refractivity contribution is 5.76. The number of aromatic nitrogens is 2. The Morgan fingerprint density at radius 1 is 1.44 bits per heavy atom. The highest BCUT2D eigenvalue weighted by Gasteiger charge is 2.29. The van der Waals surface area contributed by atoms with Gasteiger partial charge in [-0.1, -0.05) is 0 Å². The van der Waals surface area contributed by atoms with Gasteiger partial charge in [0.15, 0.2) is 0 Å². The molecular weight excluding hydrogens is 320 g/mol. The Hall–Kier alpha value is -2.12. The molecule has 0 spiro atoms. The number of likely N-dealkylation sites (N-methyl/N-ethyl adjacent to an activating group) is 1. The van der Waals surface area contributed by atoms with Gasteiger partial charge in [-0.2, -0.15) is 0 Å². The van der Waals surface area contributed by atoms with E-state index in [0.717, 1.165) is 36.8 Å². The quantitative estimate of drug-likeness (QED) is 0.794. The van der Waals surface area contributed by atoms with Gasteiger partial charge in [0.05, 0.1) is 25.2 Å². The van der Waals surface area contributed by atoms with Crippen LogP contribution in [0.1, 0.15) is 28.8 Å². The first-order chi connectivity index (χ1) is 11.9. The standard InChI is InChI=1S/C18H26N4O3/c1-13-5-6-15(25-13)8-22-7-14(10-24-11-17(23)20(2)3)18-16(9-22)19-12-21(18)4/h5-6,12,14H,7-11H2,1-4H3. The molecule has 0 saturated heterocycles. The lowest BCUT2D eigenvalue weighted by Gasteiger charge is -2.32. The van der Waals surface area contributed by atoms with Gasteiger partial charge in [-0.25, -0.2) is 4.98 Å². The summed E-state index contributed by atoms with van der Waals surface area (Å²) < 4.78 is 13.5. The number of amides is 1. The molecule has 136 valence electrons. The second-order valence-electron chi connectivity index (χ2n) is 6.87. The van der Waals surface area contributed by atoms with Crippen LogP contribution in [0.3, 0.4) is 0 Å². The third-order valence-corrected chi connectivity index (χ3v) is 4.52. The normalized spacial score (nSPS) is 17.5. The smallest absolute Gasteiger partial charge is 0.248 e. The van der Waals surface area contributed by atoms with E-state index in [4.69, 9.17) is 9.15 Å². The van der Waals surface area contributed by atoms with Gasteiger partial charge in [0.2, 0.25) is 5.91 Å². The largest absolute Gasteiger partial charge is 0.465 e. The highest BCUT2D eigenvalue weighted by atomic mass is 16.5. The molecule has 0 bridgehead atoms. The molecule has 0 N–H and O–H groups in total. The first-order valence-corrected chi connectivity index (χ1v) is 8.49. The van der Waals surface area contributed by atoms with Crippen molar-refractivity contribution in [2.45, 2.75) is 25.9 Å². The van der Waals surface area contributed by atoms with Crippen molar-refractivity contribution in [3.05, 3.63) is 41.4 Å². The van der Waals surface area contributed by atoms with Crippen molar-refractivity contribution < 1.29 is 13.9 Å². The molecular formula is C18H26N4O3. The molecule has 1 aliphatic heterocycles. The lowest BCUT2D eigenvalue weighted by Crippen LogP contribution is -2.36. The van der Waals surface area contributed by atoms with Crippen molar-refractivity contribution in [3.8, 4) is 0 Å². The Bertz CT molecular complexity index is 735. The molecule has 2 aromatic heterocycles. The van der Waals surface area contributed by atoms with E-state index >= 15 is 0 Å². The maximum absolute atomic E-state index is 11.7. The number of furan rings is 1. The second kappa shape index (κ2) is 7.41. The summed E-state index contributed by atoms with van der Waals surface area (Å²) in [5.41, 5.74) is 2.27.